The lowest BCUT2D eigenvalue weighted by Crippen LogP contribution is -2.53. The Bertz CT molecular complexity index is 898. The van der Waals surface area contributed by atoms with Gasteiger partial charge in [-0.05, 0) is 77.8 Å². The van der Waals surface area contributed by atoms with E-state index in [2.05, 4.69) is 39.0 Å². The van der Waals surface area contributed by atoms with Gasteiger partial charge in [-0.3, -0.25) is 14.5 Å². The van der Waals surface area contributed by atoms with E-state index in [1.54, 1.807) is 24.3 Å². The molecule has 0 aromatic heterocycles. The molecule has 1 aliphatic heterocycles. The van der Waals surface area contributed by atoms with E-state index < -0.39 is 5.54 Å². The predicted molar refractivity (Wildman–Crippen MR) is 119 cm³/mol. The lowest BCUT2D eigenvalue weighted by atomic mass is 9.81. The second kappa shape index (κ2) is 9.38. The third-order valence-corrected chi connectivity index (χ3v) is 6.13. The number of hydrogen-bond donors (Lipinski definition) is 0. The van der Waals surface area contributed by atoms with E-state index >= 15 is 0 Å². The minimum atomic E-state index is -1.06. The van der Waals surface area contributed by atoms with E-state index in [4.69, 9.17) is 0 Å². The van der Waals surface area contributed by atoms with Crippen molar-refractivity contribution in [3.8, 4) is 0 Å². The van der Waals surface area contributed by atoms with Crippen molar-refractivity contribution in [3.63, 3.8) is 0 Å². The van der Waals surface area contributed by atoms with Crippen molar-refractivity contribution in [1.29, 1.82) is 0 Å². The molecule has 0 unspecified atom stereocenters. The topological polar surface area (TPSA) is 54.5 Å². The fraction of sp³-hybridized carbons (Fsp3) is 0.423. The number of carbonyl (C=O) groups excluding carboxylic acids is 3. The molecule has 2 amide bonds. The summed E-state index contributed by atoms with van der Waals surface area (Å²) in [6, 6.07) is 6.80. The maximum atomic E-state index is 12.8. The zero-order chi connectivity index (χ0) is 21.7. The maximum absolute atomic E-state index is 12.8. The molecule has 158 valence electrons. The lowest BCUT2D eigenvalue weighted by Gasteiger charge is -2.38. The monoisotopic (exact) mass is 405 g/mol. The Hall–Kier alpha value is -2.75. The number of rotatable bonds is 8. The van der Waals surface area contributed by atoms with Gasteiger partial charge in [0.15, 0.2) is 0 Å². The van der Waals surface area contributed by atoms with Gasteiger partial charge in [0.25, 0.3) is 11.8 Å². The number of fused-ring (bicyclic) bond motifs is 1. The maximum Gasteiger partial charge on any atom is 0.262 e. The van der Waals surface area contributed by atoms with Gasteiger partial charge in [-0.1, -0.05) is 47.1 Å². The van der Waals surface area contributed by atoms with Crippen LogP contribution in [0.4, 0.5) is 0 Å². The number of carbonyl (C=O) groups is 3. The van der Waals surface area contributed by atoms with E-state index in [1.807, 2.05) is 0 Å². The molecule has 1 heterocycles. The van der Waals surface area contributed by atoms with E-state index in [-0.39, 0.29) is 11.8 Å². The Balaban J connectivity index is 1.62. The van der Waals surface area contributed by atoms with Gasteiger partial charge in [-0.25, -0.2) is 0 Å². The summed E-state index contributed by atoms with van der Waals surface area (Å²) in [4.78, 5) is 39.0. The summed E-state index contributed by atoms with van der Waals surface area (Å²) >= 11 is 0. The van der Waals surface area contributed by atoms with E-state index in [9.17, 15) is 14.4 Å². The van der Waals surface area contributed by atoms with Crippen molar-refractivity contribution in [2.75, 3.05) is 0 Å². The minimum absolute atomic E-state index is 0.352. The van der Waals surface area contributed by atoms with Gasteiger partial charge in [0, 0.05) is 0 Å². The van der Waals surface area contributed by atoms with E-state index in [1.165, 1.54) is 21.6 Å². The van der Waals surface area contributed by atoms with Crippen LogP contribution in [0.3, 0.4) is 0 Å². The molecule has 4 heteroatoms. The quantitative estimate of drug-likeness (QED) is 0.312. The molecule has 0 saturated heterocycles. The average Bonchev–Trinajstić information content (AvgIpc) is 3.00. The molecule has 0 N–H and O–H groups in total. The molecule has 4 nitrogen and oxygen atoms in total. The summed E-state index contributed by atoms with van der Waals surface area (Å²) in [6.07, 6.45) is 13.2. The molecule has 1 atom stereocenters. The van der Waals surface area contributed by atoms with Gasteiger partial charge in [0.2, 0.25) is 0 Å². The van der Waals surface area contributed by atoms with Crippen molar-refractivity contribution in [3.05, 3.63) is 70.3 Å². The highest BCUT2D eigenvalue weighted by Crippen LogP contribution is 2.38. The van der Waals surface area contributed by atoms with Crippen LogP contribution in [-0.2, 0) is 4.79 Å². The van der Waals surface area contributed by atoms with E-state index in [0.717, 1.165) is 38.4 Å². The third kappa shape index (κ3) is 4.53. The fourth-order valence-electron chi connectivity index (χ4n) is 4.28. The van der Waals surface area contributed by atoms with Crippen molar-refractivity contribution in [2.45, 2.75) is 71.3 Å². The Morgan fingerprint density at radius 3 is 2.23 bits per heavy atom. The smallest absolute Gasteiger partial charge is 0.262 e. The van der Waals surface area contributed by atoms with Crippen LogP contribution in [0.25, 0.3) is 0 Å². The number of aldehydes is 1. The molecule has 3 rings (SSSR count). The van der Waals surface area contributed by atoms with E-state index in [0.29, 0.717) is 24.0 Å². The molecule has 30 heavy (non-hydrogen) atoms. The highest BCUT2D eigenvalue weighted by molar-refractivity contribution is 6.22. The second-order valence-corrected chi connectivity index (χ2v) is 8.69. The highest BCUT2D eigenvalue weighted by atomic mass is 16.2. The molecular weight excluding hydrogens is 374 g/mol. The van der Waals surface area contributed by atoms with Crippen molar-refractivity contribution in [2.24, 2.45) is 0 Å². The number of allylic oxidation sites excluding steroid dienone is 5. The molecule has 2 aliphatic rings. The van der Waals surface area contributed by atoms with Crippen LogP contribution in [0, 0.1) is 0 Å². The Labute approximate surface area is 179 Å². The number of imide groups is 1. The van der Waals surface area contributed by atoms with Crippen LogP contribution in [0.2, 0.25) is 0 Å². The molecule has 1 aromatic rings. The fourth-order valence-corrected chi connectivity index (χ4v) is 4.28. The number of hydrogen-bond acceptors (Lipinski definition) is 3. The van der Waals surface area contributed by atoms with Gasteiger partial charge >= 0.3 is 0 Å². The Kier molecular flexibility index (Phi) is 6.86. The number of benzene rings is 1. The van der Waals surface area contributed by atoms with Crippen LogP contribution in [-0.4, -0.2) is 28.5 Å². The van der Waals surface area contributed by atoms with Crippen molar-refractivity contribution < 1.29 is 14.4 Å². The molecule has 0 radical (unpaired) electrons. The van der Waals surface area contributed by atoms with Crippen molar-refractivity contribution >= 4 is 18.1 Å². The largest absolute Gasteiger partial charge is 0.301 e. The van der Waals surface area contributed by atoms with Gasteiger partial charge in [0.05, 0.1) is 11.1 Å². The molecule has 0 fully saturated rings. The predicted octanol–water partition coefficient (Wildman–Crippen LogP) is 5.80. The third-order valence-electron chi connectivity index (χ3n) is 6.13. The molecule has 0 saturated carbocycles. The molecule has 1 aliphatic carbocycles. The van der Waals surface area contributed by atoms with Crippen LogP contribution >= 0.6 is 0 Å². The summed E-state index contributed by atoms with van der Waals surface area (Å²) in [6.45, 7) is 6.42. The van der Waals surface area contributed by atoms with Gasteiger partial charge in [-0.2, -0.15) is 0 Å². The van der Waals surface area contributed by atoms with Gasteiger partial charge in [0.1, 0.15) is 11.8 Å². The molecule has 0 spiro atoms. The lowest BCUT2D eigenvalue weighted by molar-refractivity contribution is -0.116. The second-order valence-electron chi connectivity index (χ2n) is 8.69. The number of amides is 2. The summed E-state index contributed by atoms with van der Waals surface area (Å²) in [5.41, 5.74) is 3.79. The van der Waals surface area contributed by atoms with Gasteiger partial charge in [-0.15, -0.1) is 0 Å². The van der Waals surface area contributed by atoms with Crippen molar-refractivity contribution in [1.82, 2.24) is 4.90 Å². The van der Waals surface area contributed by atoms with Gasteiger partial charge < -0.3 is 4.79 Å². The SMILES string of the molecule is CC(C)=CCC/C(C)=C/CCC1=CC[C@@](C=O)(N2C(=O)c3ccccc3C2=O)CC1. The summed E-state index contributed by atoms with van der Waals surface area (Å²) in [7, 11) is 0. The average molecular weight is 406 g/mol. The molecular formula is C26H31NO3. The standard InChI is InChI=1S/C26H31NO3/c1-19(2)8-6-9-20(3)10-7-11-21-14-16-26(18-28,17-15-21)27-24(29)22-12-4-5-13-23(22)25(27)30/h4-5,8,10,12-14,18H,6-7,9,11,15-17H2,1-3H3/b20-10+/t26-/m1/s1. The first-order valence-electron chi connectivity index (χ1n) is 10.8. The number of nitrogens with zero attached hydrogens (tertiary/aromatic N) is 1. The van der Waals surface area contributed by atoms with Crippen LogP contribution in [0.1, 0.15) is 86.4 Å². The van der Waals surface area contributed by atoms with Crippen LogP contribution in [0.5, 0.6) is 0 Å². The van der Waals surface area contributed by atoms with Crippen LogP contribution in [0.15, 0.2) is 59.2 Å². The van der Waals surface area contributed by atoms with Crippen LogP contribution < -0.4 is 0 Å². The first kappa shape index (κ1) is 21.9. The summed E-state index contributed by atoms with van der Waals surface area (Å²) in [5, 5.41) is 0. The summed E-state index contributed by atoms with van der Waals surface area (Å²) < 4.78 is 0. The summed E-state index contributed by atoms with van der Waals surface area (Å²) in [5.74, 6) is -0.705. The first-order chi connectivity index (χ1) is 14.4. The zero-order valence-electron chi connectivity index (χ0n) is 18.2. The Morgan fingerprint density at radius 2 is 1.70 bits per heavy atom. The highest BCUT2D eigenvalue weighted by Gasteiger charge is 2.49. The minimum Gasteiger partial charge on any atom is -0.301 e. The zero-order valence-corrected chi connectivity index (χ0v) is 18.2. The first-order valence-corrected chi connectivity index (χ1v) is 10.8. The molecule has 1 aromatic carbocycles. The normalized spacial score (nSPS) is 21.4. The Morgan fingerprint density at radius 1 is 1.03 bits per heavy atom. The molecule has 0 bridgehead atoms.